The second-order valence-electron chi connectivity index (χ2n) is 0.649. The highest BCUT2D eigenvalue weighted by atomic mass is 16.4. The van der Waals surface area contributed by atoms with Gasteiger partial charge in [0.1, 0.15) is 0 Å². The lowest BCUT2D eigenvalue weighted by atomic mass is 10.3. The fourth-order valence-electron chi connectivity index (χ4n) is 0.0790. The average molecular weight is 109 g/mol. The number of carboxylic acids is 1. The number of aliphatic hydroxyl groups is 1. The van der Waals surface area contributed by atoms with Gasteiger partial charge in [0.2, 0.25) is 0 Å². The normalized spacial score (nSPS) is 27.6. The Bertz CT molecular complexity index is 218. The van der Waals surface area contributed by atoms with E-state index in [1.54, 1.807) is 0 Å². The van der Waals surface area contributed by atoms with Crippen LogP contribution in [0.5, 0.6) is 0 Å². The van der Waals surface area contributed by atoms with Gasteiger partial charge in [0.05, 0.1) is 2.74 Å². The molecule has 1 N–H and O–H groups in total. The SMILES string of the molecule is [2H]C([2H])(O)C([2H])([2H])C([2H])([2H])C(=O)[O-]. The van der Waals surface area contributed by atoms with Gasteiger partial charge in [-0.2, -0.15) is 0 Å². The van der Waals surface area contributed by atoms with Crippen LogP contribution in [-0.4, -0.2) is 17.6 Å². The van der Waals surface area contributed by atoms with E-state index in [0.717, 1.165) is 0 Å². The summed E-state index contributed by atoms with van der Waals surface area (Å²) in [6, 6.07) is 0. The third kappa shape index (κ3) is 5.43. The van der Waals surface area contributed by atoms with Crippen LogP contribution in [0, 0.1) is 0 Å². The molecule has 0 bridgehead atoms. The number of aliphatic carboxylic acids is 1. The number of rotatable bonds is 3. The third-order valence-corrected chi connectivity index (χ3v) is 0.220. The molecule has 0 atom stereocenters. The molecule has 0 aromatic carbocycles. The molecule has 0 saturated heterocycles. The zero-order chi connectivity index (χ0) is 11.1. The molecule has 0 fully saturated rings. The van der Waals surface area contributed by atoms with E-state index in [4.69, 9.17) is 13.3 Å². The van der Waals surface area contributed by atoms with Crippen LogP contribution in [0.25, 0.3) is 0 Å². The standard InChI is InChI=1S/C4H8O3/c5-3-1-2-4(6)7/h5H,1-3H2,(H,6,7)/p-1/i1D2,2D2,3D2. The summed E-state index contributed by atoms with van der Waals surface area (Å²) >= 11 is 0. The fraction of sp³-hybridized carbons (Fsp3) is 0.750. The van der Waals surface area contributed by atoms with Gasteiger partial charge in [-0.1, -0.05) is 0 Å². The summed E-state index contributed by atoms with van der Waals surface area (Å²) in [7, 11) is 0. The van der Waals surface area contributed by atoms with Gasteiger partial charge in [-0.05, 0) is 12.7 Å². The Balaban J connectivity index is 5.16. The van der Waals surface area contributed by atoms with Crippen LogP contribution in [0.15, 0.2) is 0 Å². The van der Waals surface area contributed by atoms with Crippen molar-refractivity contribution in [2.45, 2.75) is 12.7 Å². The zero-order valence-corrected chi connectivity index (χ0v) is 3.26. The van der Waals surface area contributed by atoms with Crippen molar-refractivity contribution in [3.05, 3.63) is 0 Å². The maximum Gasteiger partial charge on any atom is 0.0564 e. The van der Waals surface area contributed by atoms with Crippen molar-refractivity contribution < 1.29 is 23.2 Å². The molecule has 0 amide bonds. The second kappa shape index (κ2) is 3.61. The number of carbonyl (C=O) groups is 1. The predicted molar refractivity (Wildman–Crippen MR) is 21.3 cm³/mol. The smallest absolute Gasteiger partial charge is 0.0564 e. The molecule has 0 aromatic heterocycles. The zero-order valence-electron chi connectivity index (χ0n) is 9.26. The molecule has 0 aliphatic heterocycles. The van der Waals surface area contributed by atoms with Crippen molar-refractivity contribution in [3.8, 4) is 0 Å². The van der Waals surface area contributed by atoms with Crippen molar-refractivity contribution in [2.75, 3.05) is 6.56 Å². The van der Waals surface area contributed by atoms with Crippen LogP contribution in [0.1, 0.15) is 21.0 Å². The van der Waals surface area contributed by atoms with E-state index in [1.165, 1.54) is 0 Å². The van der Waals surface area contributed by atoms with Crippen molar-refractivity contribution in [1.29, 1.82) is 0 Å². The summed E-state index contributed by atoms with van der Waals surface area (Å²) in [6.45, 7) is -3.60. The molecule has 3 nitrogen and oxygen atoms in total. The Hall–Kier alpha value is -0.570. The highest BCUT2D eigenvalue weighted by molar-refractivity contribution is 5.64. The second-order valence-corrected chi connectivity index (χ2v) is 0.649. The lowest BCUT2D eigenvalue weighted by molar-refractivity contribution is -0.305. The number of carbonyl (C=O) groups excluding carboxylic acids is 1. The number of hydrogen-bond acceptors (Lipinski definition) is 3. The maximum absolute atomic E-state index is 10.1. The molecule has 0 spiro atoms. The lowest BCUT2D eigenvalue weighted by Crippen LogP contribution is -2.21. The van der Waals surface area contributed by atoms with Crippen molar-refractivity contribution in [1.82, 2.24) is 0 Å². The number of carboxylic acid groups (broad SMARTS) is 1. The molecular formula is C4H7O3-. The fourth-order valence-corrected chi connectivity index (χ4v) is 0.0790. The van der Waals surface area contributed by atoms with Gasteiger partial charge < -0.3 is 15.0 Å². The lowest BCUT2D eigenvalue weighted by Gasteiger charge is -1.95. The van der Waals surface area contributed by atoms with Gasteiger partial charge in [-0.15, -0.1) is 0 Å². The predicted octanol–water partition coefficient (Wildman–Crippen LogP) is -1.49. The molecule has 0 aliphatic rings. The van der Waals surface area contributed by atoms with E-state index >= 15 is 0 Å². The van der Waals surface area contributed by atoms with Gasteiger partial charge in [0, 0.05) is 18.0 Å². The Morgan fingerprint density at radius 2 is 2.57 bits per heavy atom. The Labute approximate surface area is 50.0 Å². The molecule has 0 aromatic rings. The molecule has 0 aliphatic carbocycles. The summed E-state index contributed by atoms with van der Waals surface area (Å²) in [5.74, 6) is -2.42. The van der Waals surface area contributed by atoms with Crippen LogP contribution in [-0.2, 0) is 4.79 Å². The first-order valence-electron chi connectivity index (χ1n) is 4.38. The van der Waals surface area contributed by atoms with E-state index < -0.39 is 25.3 Å². The van der Waals surface area contributed by atoms with Crippen LogP contribution in [0.3, 0.4) is 0 Å². The molecule has 0 heterocycles. The van der Waals surface area contributed by atoms with E-state index in [2.05, 4.69) is 0 Å². The van der Waals surface area contributed by atoms with Gasteiger partial charge in [-0.25, -0.2) is 0 Å². The summed E-state index contributed by atoms with van der Waals surface area (Å²) < 4.78 is 39.9. The largest absolute Gasteiger partial charge is 0.550 e. The first-order valence-corrected chi connectivity index (χ1v) is 1.38. The first kappa shape index (κ1) is 1.45. The maximum atomic E-state index is 10.1. The van der Waals surface area contributed by atoms with Gasteiger partial charge in [-0.3, -0.25) is 0 Å². The average Bonchev–Trinajstić information content (AvgIpc) is 1.84. The molecular weight excluding hydrogens is 96.0 g/mol. The Kier molecular flexibility index (Phi) is 0.749. The van der Waals surface area contributed by atoms with E-state index in [1.807, 2.05) is 0 Å². The van der Waals surface area contributed by atoms with Crippen LogP contribution in [0.4, 0.5) is 0 Å². The third-order valence-electron chi connectivity index (χ3n) is 0.220. The molecule has 0 rings (SSSR count). The molecule has 42 valence electrons. The molecule has 0 saturated carbocycles. The molecule has 3 heteroatoms. The molecule has 7 heavy (non-hydrogen) atoms. The van der Waals surface area contributed by atoms with Crippen LogP contribution in [0.2, 0.25) is 0 Å². The minimum Gasteiger partial charge on any atom is -0.550 e. The topological polar surface area (TPSA) is 60.4 Å². The van der Waals surface area contributed by atoms with Crippen LogP contribution >= 0.6 is 0 Å². The van der Waals surface area contributed by atoms with Crippen molar-refractivity contribution >= 4 is 5.97 Å². The van der Waals surface area contributed by atoms with E-state index in [0.29, 0.717) is 0 Å². The van der Waals surface area contributed by atoms with Crippen LogP contribution < -0.4 is 5.11 Å². The monoisotopic (exact) mass is 109 g/mol. The van der Waals surface area contributed by atoms with E-state index in [-0.39, 0.29) is 0 Å². The number of hydrogen-bond donors (Lipinski definition) is 1. The minimum atomic E-state index is -3.61. The van der Waals surface area contributed by atoms with Crippen molar-refractivity contribution in [3.63, 3.8) is 0 Å². The molecule has 0 unspecified atom stereocenters. The van der Waals surface area contributed by atoms with Gasteiger partial charge >= 0.3 is 0 Å². The Morgan fingerprint density at radius 3 is 2.71 bits per heavy atom. The van der Waals surface area contributed by atoms with Gasteiger partial charge in [0.15, 0.2) is 0 Å². The highest BCUT2D eigenvalue weighted by Gasteiger charge is 1.81. The Morgan fingerprint density at radius 1 is 2.00 bits per heavy atom. The summed E-state index contributed by atoms with van der Waals surface area (Å²) in [4.78, 5) is 10.1. The van der Waals surface area contributed by atoms with Crippen molar-refractivity contribution in [2.24, 2.45) is 0 Å². The first-order chi connectivity index (χ1) is 5.44. The van der Waals surface area contributed by atoms with Gasteiger partial charge in [0.25, 0.3) is 0 Å². The highest BCUT2D eigenvalue weighted by Crippen LogP contribution is 1.81. The van der Waals surface area contributed by atoms with E-state index in [9.17, 15) is 9.90 Å². The quantitative estimate of drug-likeness (QED) is 0.480. The summed E-state index contributed by atoms with van der Waals surface area (Å²) in [5.41, 5.74) is 0. The summed E-state index contributed by atoms with van der Waals surface area (Å²) in [5, 5.41) is 18.7. The minimum absolute atomic E-state index is 2.42. The summed E-state index contributed by atoms with van der Waals surface area (Å²) in [6.07, 6.45) is -7.19. The molecule has 0 radical (unpaired) electrons.